The van der Waals surface area contributed by atoms with E-state index in [1.165, 1.54) is 31.5 Å². The summed E-state index contributed by atoms with van der Waals surface area (Å²) in [7, 11) is 3.07. The molecule has 0 atom stereocenters. The molecule has 1 aromatic heterocycles. The van der Waals surface area contributed by atoms with Crippen LogP contribution in [0.2, 0.25) is 0 Å². The third-order valence-electron chi connectivity index (χ3n) is 4.13. The molecule has 2 N–H and O–H groups in total. The number of pyridine rings is 1. The normalized spacial score (nSPS) is 10.3. The highest BCUT2D eigenvalue weighted by Gasteiger charge is 2.12. The van der Waals surface area contributed by atoms with Crippen molar-refractivity contribution in [2.45, 2.75) is 6.54 Å². The molecule has 0 aliphatic carbocycles. The van der Waals surface area contributed by atoms with Crippen LogP contribution in [-0.2, 0) is 6.54 Å². The fourth-order valence-corrected chi connectivity index (χ4v) is 2.66. The van der Waals surface area contributed by atoms with Crippen LogP contribution in [0.3, 0.4) is 0 Å². The van der Waals surface area contributed by atoms with Gasteiger partial charge in [-0.25, -0.2) is 8.78 Å². The molecule has 1 amide bonds. The lowest BCUT2D eigenvalue weighted by Gasteiger charge is -2.11. The van der Waals surface area contributed by atoms with E-state index in [4.69, 9.17) is 9.47 Å². The van der Waals surface area contributed by atoms with E-state index in [-0.39, 0.29) is 17.9 Å². The van der Waals surface area contributed by atoms with Gasteiger partial charge in [0.2, 0.25) is 0 Å². The Kier molecular flexibility index (Phi) is 6.23. The zero-order valence-corrected chi connectivity index (χ0v) is 15.8. The van der Waals surface area contributed by atoms with E-state index in [0.29, 0.717) is 17.2 Å². The fraction of sp³-hybridized carbons (Fsp3) is 0.143. The molecule has 8 heteroatoms. The average molecular weight is 399 g/mol. The molecule has 3 rings (SSSR count). The average Bonchev–Trinajstić information content (AvgIpc) is 2.74. The molecule has 0 aliphatic rings. The Hall–Kier alpha value is -3.68. The first-order valence-electron chi connectivity index (χ1n) is 8.68. The molecule has 6 nitrogen and oxygen atoms in total. The van der Waals surface area contributed by atoms with Gasteiger partial charge in [-0.3, -0.25) is 9.78 Å². The molecule has 0 radical (unpaired) electrons. The number of amides is 1. The van der Waals surface area contributed by atoms with Gasteiger partial charge in [0, 0.05) is 18.4 Å². The van der Waals surface area contributed by atoms with Crippen LogP contribution in [-0.4, -0.2) is 25.1 Å². The largest absolute Gasteiger partial charge is 0.493 e. The second-order valence-corrected chi connectivity index (χ2v) is 6.02. The van der Waals surface area contributed by atoms with E-state index >= 15 is 0 Å². The van der Waals surface area contributed by atoms with E-state index in [1.54, 1.807) is 25.3 Å². The highest BCUT2D eigenvalue weighted by Crippen LogP contribution is 2.27. The van der Waals surface area contributed by atoms with Crippen LogP contribution in [0.25, 0.3) is 0 Å². The number of ether oxygens (including phenoxy) is 2. The van der Waals surface area contributed by atoms with Crippen LogP contribution < -0.4 is 20.1 Å². The quantitative estimate of drug-likeness (QED) is 0.627. The number of anilines is 2. The summed E-state index contributed by atoms with van der Waals surface area (Å²) in [5.74, 6) is -0.765. The standard InChI is InChI=1S/C21H19F2N3O3/c1-28-18-7-6-13(10-19(18)29-2)12-25-21(27)17-11-14(8-9-24-17)26-20-15(22)4-3-5-16(20)23/h3-11H,12H2,1-2H3,(H,24,26)(H,25,27). The smallest absolute Gasteiger partial charge is 0.270 e. The number of methoxy groups -OCH3 is 2. The van der Waals surface area contributed by atoms with Crippen LogP contribution in [0.5, 0.6) is 11.5 Å². The maximum atomic E-state index is 13.8. The second-order valence-electron chi connectivity index (χ2n) is 6.02. The summed E-state index contributed by atoms with van der Waals surface area (Å²) in [4.78, 5) is 16.4. The Balaban J connectivity index is 1.70. The molecule has 0 unspecified atom stereocenters. The minimum atomic E-state index is -0.735. The van der Waals surface area contributed by atoms with Crippen molar-refractivity contribution in [1.82, 2.24) is 10.3 Å². The summed E-state index contributed by atoms with van der Waals surface area (Å²) in [5, 5.41) is 5.38. The zero-order chi connectivity index (χ0) is 20.8. The van der Waals surface area contributed by atoms with E-state index in [0.717, 1.165) is 17.7 Å². The highest BCUT2D eigenvalue weighted by molar-refractivity contribution is 5.93. The Labute approximate surface area is 166 Å². The molecule has 2 aromatic carbocycles. The highest BCUT2D eigenvalue weighted by atomic mass is 19.1. The molecule has 29 heavy (non-hydrogen) atoms. The lowest BCUT2D eigenvalue weighted by molar-refractivity contribution is 0.0946. The van der Waals surface area contributed by atoms with Crippen molar-refractivity contribution in [2.75, 3.05) is 19.5 Å². The molecule has 0 saturated heterocycles. The van der Waals surface area contributed by atoms with E-state index in [1.807, 2.05) is 0 Å². The van der Waals surface area contributed by atoms with Gasteiger partial charge in [0.1, 0.15) is 23.0 Å². The molecular weight excluding hydrogens is 380 g/mol. The number of nitrogens with zero attached hydrogens (tertiary/aromatic N) is 1. The van der Waals surface area contributed by atoms with Crippen LogP contribution in [0, 0.1) is 11.6 Å². The van der Waals surface area contributed by atoms with E-state index in [2.05, 4.69) is 15.6 Å². The Morgan fingerprint density at radius 1 is 1.00 bits per heavy atom. The van der Waals surface area contributed by atoms with Gasteiger partial charge in [-0.05, 0) is 42.0 Å². The van der Waals surface area contributed by atoms with Crippen molar-refractivity contribution in [1.29, 1.82) is 0 Å². The predicted octanol–water partition coefficient (Wildman–Crippen LogP) is 4.05. The summed E-state index contributed by atoms with van der Waals surface area (Å²) in [6, 6.07) is 11.8. The van der Waals surface area contributed by atoms with Gasteiger partial charge >= 0.3 is 0 Å². The van der Waals surface area contributed by atoms with Gasteiger partial charge in [-0.15, -0.1) is 0 Å². The van der Waals surface area contributed by atoms with Crippen LogP contribution in [0.1, 0.15) is 16.1 Å². The number of hydrogen-bond donors (Lipinski definition) is 2. The van der Waals surface area contributed by atoms with Crippen molar-refractivity contribution >= 4 is 17.3 Å². The number of nitrogens with one attached hydrogen (secondary N) is 2. The molecule has 0 saturated carbocycles. The molecule has 1 heterocycles. The van der Waals surface area contributed by atoms with E-state index < -0.39 is 17.5 Å². The minimum absolute atomic E-state index is 0.104. The summed E-state index contributed by atoms with van der Waals surface area (Å²) in [5.41, 5.74) is 0.946. The van der Waals surface area contributed by atoms with Crippen LogP contribution in [0.15, 0.2) is 54.7 Å². The lowest BCUT2D eigenvalue weighted by atomic mass is 10.2. The molecule has 0 bridgehead atoms. The number of hydrogen-bond acceptors (Lipinski definition) is 5. The Morgan fingerprint density at radius 3 is 2.41 bits per heavy atom. The van der Waals surface area contributed by atoms with E-state index in [9.17, 15) is 13.6 Å². The number of benzene rings is 2. The van der Waals surface area contributed by atoms with Gasteiger partial charge in [0.25, 0.3) is 5.91 Å². The number of aromatic nitrogens is 1. The SMILES string of the molecule is COc1ccc(CNC(=O)c2cc(Nc3c(F)cccc3F)ccn2)cc1OC. The van der Waals surface area contributed by atoms with Crippen molar-refractivity contribution in [3.63, 3.8) is 0 Å². The minimum Gasteiger partial charge on any atom is -0.493 e. The zero-order valence-electron chi connectivity index (χ0n) is 15.8. The summed E-state index contributed by atoms with van der Waals surface area (Å²) >= 11 is 0. The number of para-hydroxylation sites is 1. The van der Waals surface area contributed by atoms with Gasteiger partial charge < -0.3 is 20.1 Å². The van der Waals surface area contributed by atoms with Gasteiger partial charge in [0.15, 0.2) is 11.5 Å². The lowest BCUT2D eigenvalue weighted by Crippen LogP contribution is -2.23. The topological polar surface area (TPSA) is 72.5 Å². The Morgan fingerprint density at radius 2 is 1.72 bits per heavy atom. The van der Waals surface area contributed by atoms with Crippen molar-refractivity contribution in [3.05, 3.63) is 77.6 Å². The molecule has 0 aliphatic heterocycles. The van der Waals surface area contributed by atoms with Crippen molar-refractivity contribution < 1.29 is 23.0 Å². The third-order valence-corrected chi connectivity index (χ3v) is 4.13. The number of rotatable bonds is 7. The summed E-state index contributed by atoms with van der Waals surface area (Å²) in [6.45, 7) is 0.237. The number of carbonyl (C=O) groups excluding carboxylic acids is 1. The first-order chi connectivity index (χ1) is 14.0. The first kappa shape index (κ1) is 20.1. The molecule has 0 spiro atoms. The predicted molar refractivity (Wildman–Crippen MR) is 105 cm³/mol. The van der Waals surface area contributed by atoms with Gasteiger partial charge in [0.05, 0.1) is 14.2 Å². The number of halogens is 2. The fourth-order valence-electron chi connectivity index (χ4n) is 2.66. The third kappa shape index (κ3) is 4.78. The molecule has 0 fully saturated rings. The molecule has 3 aromatic rings. The van der Waals surface area contributed by atoms with Gasteiger partial charge in [-0.1, -0.05) is 12.1 Å². The Bertz CT molecular complexity index is 1010. The van der Waals surface area contributed by atoms with Gasteiger partial charge in [-0.2, -0.15) is 0 Å². The first-order valence-corrected chi connectivity index (χ1v) is 8.68. The van der Waals surface area contributed by atoms with Crippen LogP contribution >= 0.6 is 0 Å². The van der Waals surface area contributed by atoms with Crippen LogP contribution in [0.4, 0.5) is 20.2 Å². The summed E-state index contributed by atoms with van der Waals surface area (Å²) in [6.07, 6.45) is 1.38. The monoisotopic (exact) mass is 399 g/mol. The second kappa shape index (κ2) is 9.01. The van der Waals surface area contributed by atoms with Crippen molar-refractivity contribution in [2.24, 2.45) is 0 Å². The molecular formula is C21H19F2N3O3. The summed E-state index contributed by atoms with van der Waals surface area (Å²) < 4.78 is 38.0. The maximum Gasteiger partial charge on any atom is 0.270 e. The molecule has 150 valence electrons. The maximum absolute atomic E-state index is 13.8. The number of carbonyl (C=O) groups is 1. The van der Waals surface area contributed by atoms with Crippen molar-refractivity contribution in [3.8, 4) is 11.5 Å².